The van der Waals surface area contributed by atoms with Gasteiger partial charge in [-0.2, -0.15) is 0 Å². The van der Waals surface area contributed by atoms with Crippen LogP contribution < -0.4 is 16.2 Å². The molecule has 1 fully saturated rings. The Morgan fingerprint density at radius 3 is 2.56 bits per heavy atom. The molecule has 1 amide bonds. The van der Waals surface area contributed by atoms with Gasteiger partial charge >= 0.3 is 0 Å². The predicted molar refractivity (Wildman–Crippen MR) is 66.0 cm³/mol. The van der Waals surface area contributed by atoms with E-state index in [2.05, 4.69) is 10.2 Å². The zero-order valence-corrected chi connectivity index (χ0v) is 10.3. The maximum atomic E-state index is 10.8. The van der Waals surface area contributed by atoms with Crippen LogP contribution in [0.15, 0.2) is 12.1 Å². The summed E-state index contributed by atoms with van der Waals surface area (Å²) in [6.45, 7) is 0.428. The molecule has 98 valence electrons. The number of ether oxygens (including phenoxy) is 1. The number of carbonyl (C=O) groups excluding carboxylic acids is 1. The monoisotopic (exact) mass is 250 g/mol. The minimum atomic E-state index is -0.600. The zero-order valence-electron chi connectivity index (χ0n) is 10.3. The van der Waals surface area contributed by atoms with Gasteiger partial charge in [0.15, 0.2) is 5.69 Å². The average molecular weight is 250 g/mol. The van der Waals surface area contributed by atoms with Crippen molar-refractivity contribution in [2.75, 3.05) is 6.61 Å². The summed E-state index contributed by atoms with van der Waals surface area (Å²) in [4.78, 5) is 10.8. The summed E-state index contributed by atoms with van der Waals surface area (Å²) < 4.78 is 5.53. The first-order valence-corrected chi connectivity index (χ1v) is 6.14. The summed E-state index contributed by atoms with van der Waals surface area (Å²) in [5.41, 5.74) is 11.2. The summed E-state index contributed by atoms with van der Waals surface area (Å²) in [5, 5.41) is 7.46. The Kier molecular flexibility index (Phi) is 3.76. The third kappa shape index (κ3) is 3.16. The van der Waals surface area contributed by atoms with Crippen LogP contribution in [-0.2, 0) is 0 Å². The Balaban J connectivity index is 1.91. The quantitative estimate of drug-likeness (QED) is 0.815. The van der Waals surface area contributed by atoms with Crippen LogP contribution in [0.2, 0.25) is 0 Å². The highest BCUT2D eigenvalue weighted by Crippen LogP contribution is 2.26. The van der Waals surface area contributed by atoms with Crippen LogP contribution in [0.3, 0.4) is 0 Å². The molecular formula is C12H18N4O2. The maximum absolute atomic E-state index is 10.8. The number of carbonyl (C=O) groups is 1. The highest BCUT2D eigenvalue weighted by Gasteiger charge is 2.28. The third-order valence-corrected chi connectivity index (χ3v) is 3.25. The minimum Gasteiger partial charge on any atom is -0.475 e. The number of hydrogen-bond acceptors (Lipinski definition) is 5. The van der Waals surface area contributed by atoms with Crippen LogP contribution in [0.4, 0.5) is 0 Å². The molecular weight excluding hydrogens is 232 g/mol. The van der Waals surface area contributed by atoms with E-state index >= 15 is 0 Å². The Morgan fingerprint density at radius 1 is 1.28 bits per heavy atom. The number of amides is 1. The van der Waals surface area contributed by atoms with E-state index in [9.17, 15) is 4.79 Å². The van der Waals surface area contributed by atoms with Crippen molar-refractivity contribution in [2.24, 2.45) is 11.5 Å². The van der Waals surface area contributed by atoms with Gasteiger partial charge in [0.1, 0.15) is 6.61 Å². The number of nitrogens with two attached hydrogens (primary N) is 2. The third-order valence-electron chi connectivity index (χ3n) is 3.25. The molecule has 1 saturated carbocycles. The number of aromatic nitrogens is 2. The molecule has 0 saturated heterocycles. The first-order chi connectivity index (χ1) is 8.59. The molecule has 0 atom stereocenters. The standard InChI is InChI=1S/C12H18N4O2/c13-11(17)9-4-5-10(16-15-9)18-8-12(14)6-2-1-3-7-12/h4-5H,1-3,6-8,14H2,(H2,13,17). The SMILES string of the molecule is NC(=O)c1ccc(OCC2(N)CCCCC2)nn1. The lowest BCUT2D eigenvalue weighted by atomic mass is 9.83. The normalized spacial score (nSPS) is 18.3. The smallest absolute Gasteiger partial charge is 0.269 e. The van der Waals surface area contributed by atoms with Crippen LogP contribution in [0.5, 0.6) is 5.88 Å². The number of rotatable bonds is 4. The lowest BCUT2D eigenvalue weighted by Crippen LogP contribution is -2.47. The second-order valence-corrected chi connectivity index (χ2v) is 4.83. The van der Waals surface area contributed by atoms with Crippen molar-refractivity contribution >= 4 is 5.91 Å². The molecule has 2 rings (SSSR count). The van der Waals surface area contributed by atoms with Crippen LogP contribution in [-0.4, -0.2) is 28.3 Å². The van der Waals surface area contributed by atoms with Crippen LogP contribution in [0.25, 0.3) is 0 Å². The summed E-state index contributed by atoms with van der Waals surface area (Å²) in [6, 6.07) is 3.08. The van der Waals surface area contributed by atoms with Crippen molar-refractivity contribution in [1.82, 2.24) is 10.2 Å². The van der Waals surface area contributed by atoms with Gasteiger partial charge in [0.05, 0.1) is 5.54 Å². The van der Waals surface area contributed by atoms with Gasteiger partial charge in [-0.3, -0.25) is 4.79 Å². The number of hydrogen-bond donors (Lipinski definition) is 2. The minimum absolute atomic E-state index is 0.127. The van der Waals surface area contributed by atoms with E-state index < -0.39 is 5.91 Å². The molecule has 1 aromatic rings. The van der Waals surface area contributed by atoms with Crippen LogP contribution >= 0.6 is 0 Å². The molecule has 1 aromatic heterocycles. The van der Waals surface area contributed by atoms with E-state index in [1.807, 2.05) is 0 Å². The molecule has 0 aromatic carbocycles. The maximum Gasteiger partial charge on any atom is 0.269 e. The molecule has 1 aliphatic carbocycles. The molecule has 4 N–H and O–H groups in total. The predicted octanol–water partition coefficient (Wildman–Crippen LogP) is 0.616. The lowest BCUT2D eigenvalue weighted by molar-refractivity contribution is 0.0994. The Hall–Kier alpha value is -1.69. The zero-order chi connectivity index (χ0) is 13.0. The number of primary amides is 1. The van der Waals surface area contributed by atoms with E-state index in [4.69, 9.17) is 16.2 Å². The lowest BCUT2D eigenvalue weighted by Gasteiger charge is -2.32. The van der Waals surface area contributed by atoms with Gasteiger partial charge in [-0.05, 0) is 18.9 Å². The molecule has 18 heavy (non-hydrogen) atoms. The van der Waals surface area contributed by atoms with Gasteiger partial charge in [-0.1, -0.05) is 19.3 Å². The molecule has 6 nitrogen and oxygen atoms in total. The molecule has 0 radical (unpaired) electrons. The van der Waals surface area contributed by atoms with E-state index in [0.29, 0.717) is 12.5 Å². The van der Waals surface area contributed by atoms with Crippen molar-refractivity contribution in [3.05, 3.63) is 17.8 Å². The molecule has 0 bridgehead atoms. The average Bonchev–Trinajstić information content (AvgIpc) is 2.38. The molecule has 0 unspecified atom stereocenters. The fraction of sp³-hybridized carbons (Fsp3) is 0.583. The van der Waals surface area contributed by atoms with Gasteiger partial charge in [0.25, 0.3) is 5.91 Å². The van der Waals surface area contributed by atoms with Crippen molar-refractivity contribution in [3.8, 4) is 5.88 Å². The van der Waals surface area contributed by atoms with E-state index in [-0.39, 0.29) is 11.2 Å². The number of nitrogens with zero attached hydrogens (tertiary/aromatic N) is 2. The van der Waals surface area contributed by atoms with Crippen molar-refractivity contribution in [3.63, 3.8) is 0 Å². The topological polar surface area (TPSA) is 104 Å². The van der Waals surface area contributed by atoms with Gasteiger partial charge < -0.3 is 16.2 Å². The van der Waals surface area contributed by atoms with Crippen molar-refractivity contribution in [1.29, 1.82) is 0 Å². The largest absolute Gasteiger partial charge is 0.475 e. The van der Waals surface area contributed by atoms with E-state index in [1.165, 1.54) is 12.5 Å². The Morgan fingerprint density at radius 2 is 2.00 bits per heavy atom. The van der Waals surface area contributed by atoms with Crippen LogP contribution in [0.1, 0.15) is 42.6 Å². The molecule has 6 heteroatoms. The van der Waals surface area contributed by atoms with Gasteiger partial charge in [0.2, 0.25) is 5.88 Å². The fourth-order valence-corrected chi connectivity index (χ4v) is 2.15. The van der Waals surface area contributed by atoms with Gasteiger partial charge in [0, 0.05) is 6.07 Å². The van der Waals surface area contributed by atoms with E-state index in [0.717, 1.165) is 25.7 Å². The fourth-order valence-electron chi connectivity index (χ4n) is 2.15. The van der Waals surface area contributed by atoms with Crippen LogP contribution in [0, 0.1) is 0 Å². The molecule has 1 heterocycles. The first kappa shape index (κ1) is 12.8. The summed E-state index contributed by atoms with van der Waals surface area (Å²) in [5.74, 6) is -0.230. The van der Waals surface area contributed by atoms with Gasteiger partial charge in [-0.25, -0.2) is 0 Å². The molecule has 0 aliphatic heterocycles. The van der Waals surface area contributed by atoms with Crippen molar-refractivity contribution < 1.29 is 9.53 Å². The highest BCUT2D eigenvalue weighted by molar-refractivity contribution is 5.90. The molecule has 1 aliphatic rings. The second-order valence-electron chi connectivity index (χ2n) is 4.83. The second kappa shape index (κ2) is 5.30. The van der Waals surface area contributed by atoms with Crippen molar-refractivity contribution in [2.45, 2.75) is 37.6 Å². The van der Waals surface area contributed by atoms with Gasteiger partial charge in [-0.15, -0.1) is 10.2 Å². The summed E-state index contributed by atoms with van der Waals surface area (Å²) in [6.07, 6.45) is 5.48. The summed E-state index contributed by atoms with van der Waals surface area (Å²) in [7, 11) is 0. The Bertz CT molecular complexity index is 413. The Labute approximate surface area is 106 Å². The van der Waals surface area contributed by atoms with E-state index in [1.54, 1.807) is 6.07 Å². The molecule has 0 spiro atoms. The highest BCUT2D eigenvalue weighted by atomic mass is 16.5. The first-order valence-electron chi connectivity index (χ1n) is 6.14. The summed E-state index contributed by atoms with van der Waals surface area (Å²) >= 11 is 0.